The molecule has 0 saturated carbocycles. The quantitative estimate of drug-likeness (QED) is 0.523. The third-order valence-electron chi connectivity index (χ3n) is 0. The Balaban J connectivity index is -0.0000000450. The fourth-order valence-corrected chi connectivity index (χ4v) is 0. The van der Waals surface area contributed by atoms with Gasteiger partial charge in [0.25, 0.3) is 0 Å². The summed E-state index contributed by atoms with van der Waals surface area (Å²) in [6.45, 7) is 0. The summed E-state index contributed by atoms with van der Waals surface area (Å²) < 4.78 is 24.4. The minimum absolute atomic E-state index is 0. The number of hydrogen-bond acceptors (Lipinski definition) is 3. The van der Waals surface area contributed by atoms with Gasteiger partial charge in [-0.2, -0.15) is 0 Å². The fourth-order valence-electron chi connectivity index (χ4n) is 0. The van der Waals surface area contributed by atoms with Crippen molar-refractivity contribution < 1.29 is 47.8 Å². The molecular weight excluding hydrogens is 209 g/mol. The molecule has 0 saturated heterocycles. The van der Waals surface area contributed by atoms with Gasteiger partial charge in [0.1, 0.15) is 0 Å². The number of rotatable bonds is 0. The molecule has 6 heteroatoms. The summed E-state index contributed by atoms with van der Waals surface area (Å²) in [5.74, 6) is 0. The second-order valence-electron chi connectivity index (χ2n) is 0.238. The van der Waals surface area contributed by atoms with Gasteiger partial charge < -0.3 is 6.15 Å². The van der Waals surface area contributed by atoms with Gasteiger partial charge in [-0.15, -0.1) is 0 Å². The van der Waals surface area contributed by atoms with Crippen molar-refractivity contribution in [3.8, 4) is 0 Å². The normalized spacial score (nSPS) is 4.17. The summed E-state index contributed by atoms with van der Waals surface area (Å²) in [5.41, 5.74) is 0. The molecule has 0 heterocycles. The molecule has 4 nitrogen and oxygen atoms in total. The van der Waals surface area contributed by atoms with Crippen LogP contribution in [0.2, 0.25) is 0 Å². The Morgan fingerprint density at radius 2 is 1.33 bits per heavy atom. The second-order valence-corrected chi connectivity index (χ2v) is 0.981. The molecule has 0 aliphatic carbocycles. The molecule has 0 aliphatic rings. The van der Waals surface area contributed by atoms with Crippen LogP contribution in [0.25, 0.3) is 0 Å². The van der Waals surface area contributed by atoms with Gasteiger partial charge in [-0.1, -0.05) is 0 Å². The van der Waals surface area contributed by atoms with Crippen LogP contribution in [0.5, 0.6) is 0 Å². The van der Waals surface area contributed by atoms with Crippen LogP contribution < -0.4 is 6.15 Å². The van der Waals surface area contributed by atoms with E-state index < -0.39 is 15.4 Å². The van der Waals surface area contributed by atoms with Gasteiger partial charge in [-0.25, -0.2) is 0 Å². The van der Waals surface area contributed by atoms with Crippen molar-refractivity contribution in [2.24, 2.45) is 0 Å². The molecule has 0 aliphatic heterocycles. The van der Waals surface area contributed by atoms with Crippen molar-refractivity contribution >= 4 is 0 Å². The fraction of sp³-hybridized carbons (Fsp3) is 0. The van der Waals surface area contributed by atoms with E-state index in [1.807, 2.05) is 0 Å². The molecule has 6 heavy (non-hydrogen) atoms. The zero-order chi connectivity index (χ0) is 3.58. The van der Waals surface area contributed by atoms with E-state index in [-0.39, 0.29) is 27.2 Å². The summed E-state index contributed by atoms with van der Waals surface area (Å²) >= 11 is -3.69. The first kappa shape index (κ1) is 15.8. The third-order valence-corrected chi connectivity index (χ3v) is 0. The minimum atomic E-state index is -3.69. The monoisotopic (exact) mass is 215 g/mol. The molecule has 0 rings (SSSR count). The van der Waals surface area contributed by atoms with Crippen LogP contribution in [-0.2, 0) is 43.8 Å². The van der Waals surface area contributed by atoms with Crippen LogP contribution in [0.3, 0.4) is 0 Å². The van der Waals surface area contributed by atoms with Crippen LogP contribution in [0.4, 0.5) is 0 Å². The van der Waals surface area contributed by atoms with Gasteiger partial charge in [-0.3, -0.25) is 0 Å². The van der Waals surface area contributed by atoms with E-state index in [2.05, 4.69) is 0 Å². The topological polar surface area (TPSA) is 89.4 Å². The predicted molar refractivity (Wildman–Crippen MR) is 8.61 cm³/mol. The van der Waals surface area contributed by atoms with Crippen molar-refractivity contribution in [3.63, 3.8) is 0 Å². The van der Waals surface area contributed by atoms with Crippen LogP contribution in [-0.4, -0.2) is 4.03 Å². The van der Waals surface area contributed by atoms with Crippen molar-refractivity contribution in [1.82, 2.24) is 6.15 Å². The SMILES string of the molecule is N.[Mo].[O]=[V](=[O])[OH]. The third kappa shape index (κ3) is 110. The Hall–Kier alpha value is 0.793. The van der Waals surface area contributed by atoms with Crippen LogP contribution in [0.1, 0.15) is 0 Å². The molecule has 0 unspecified atom stereocenters. The Morgan fingerprint density at radius 1 is 1.33 bits per heavy atom. The maximum absolute atomic E-state index is 8.67. The van der Waals surface area contributed by atoms with E-state index in [0.29, 0.717) is 0 Å². The summed E-state index contributed by atoms with van der Waals surface area (Å²) in [6.07, 6.45) is 0. The maximum atomic E-state index is 8.67. The summed E-state index contributed by atoms with van der Waals surface area (Å²) in [5, 5.41) is 0. The second kappa shape index (κ2) is 9.25. The van der Waals surface area contributed by atoms with E-state index in [1.54, 1.807) is 0 Å². The zero-order valence-corrected chi connectivity index (χ0v) is 6.23. The average Bonchev–Trinajstić information content (AvgIpc) is 0.811. The molecule has 0 aromatic rings. The molecule has 4 N–H and O–H groups in total. The Labute approximate surface area is 54.1 Å². The zero-order valence-electron chi connectivity index (χ0n) is 2.83. The summed E-state index contributed by atoms with van der Waals surface area (Å²) in [4.78, 5) is 0. The van der Waals surface area contributed by atoms with Gasteiger partial charge >= 0.3 is 26.8 Å². The summed E-state index contributed by atoms with van der Waals surface area (Å²) in [7, 11) is 0. The number of hydrogen-bond donors (Lipinski definition) is 2. The van der Waals surface area contributed by atoms with Crippen molar-refractivity contribution in [2.45, 2.75) is 0 Å². The van der Waals surface area contributed by atoms with Gasteiger partial charge in [0.05, 0.1) is 0 Å². The van der Waals surface area contributed by atoms with Crippen molar-refractivity contribution in [1.29, 1.82) is 0 Å². The first-order valence-corrected chi connectivity index (χ1v) is 2.33. The standard InChI is InChI=1S/Mo.H3N.H2O.2O.V/h;1H3;1H2;;;/q;;;;;+1/p-1. The van der Waals surface area contributed by atoms with Gasteiger partial charge in [0, 0.05) is 21.1 Å². The molecule has 0 fully saturated rings. The summed E-state index contributed by atoms with van der Waals surface area (Å²) in [6, 6.07) is 0. The van der Waals surface area contributed by atoms with Crippen molar-refractivity contribution in [2.75, 3.05) is 0 Å². The Kier molecular flexibility index (Phi) is 24.4. The van der Waals surface area contributed by atoms with Crippen LogP contribution in [0, 0.1) is 0 Å². The molecule has 0 aromatic carbocycles. The van der Waals surface area contributed by atoms with Crippen LogP contribution in [0.15, 0.2) is 0 Å². The van der Waals surface area contributed by atoms with E-state index in [1.165, 1.54) is 0 Å². The van der Waals surface area contributed by atoms with E-state index in [4.69, 9.17) is 11.4 Å². The van der Waals surface area contributed by atoms with Crippen LogP contribution >= 0.6 is 0 Å². The molecule has 0 bridgehead atoms. The average molecular weight is 213 g/mol. The van der Waals surface area contributed by atoms with E-state index in [0.717, 1.165) is 0 Å². The van der Waals surface area contributed by atoms with E-state index >= 15 is 0 Å². The molecule has 38 valence electrons. The molecule has 0 atom stereocenters. The molecule has 0 amide bonds. The Bertz CT molecular complexity index is 59.2. The Morgan fingerprint density at radius 3 is 1.33 bits per heavy atom. The van der Waals surface area contributed by atoms with Gasteiger partial charge in [-0.05, 0) is 0 Å². The van der Waals surface area contributed by atoms with Gasteiger partial charge in [0.2, 0.25) is 0 Å². The first-order chi connectivity index (χ1) is 1.73. The first-order valence-electron chi connectivity index (χ1n) is 0.565. The van der Waals surface area contributed by atoms with E-state index in [9.17, 15) is 0 Å². The van der Waals surface area contributed by atoms with Crippen molar-refractivity contribution in [3.05, 3.63) is 0 Å². The molecule has 0 spiro atoms. The molecule has 0 aromatic heterocycles. The molecular formula is H4MoNO3V. The van der Waals surface area contributed by atoms with Gasteiger partial charge in [0.15, 0.2) is 0 Å². The predicted octanol–water partition coefficient (Wildman–Crippen LogP) is -0.638. The molecule has 0 radical (unpaired) electrons.